The molecule has 0 bridgehead atoms. The second-order valence-corrected chi connectivity index (χ2v) is 5.56. The number of halogens is 1. The summed E-state index contributed by atoms with van der Waals surface area (Å²) in [5.74, 6) is 0.0132. The number of likely N-dealkylation sites (N-methyl/N-ethyl adjacent to an activating group) is 1. The fourth-order valence-corrected chi connectivity index (χ4v) is 2.88. The molecule has 0 spiro atoms. The number of nitrogens with one attached hydrogen (secondary N) is 1. The number of carbonyl (C=O) groups is 1. The standard InChI is InChI=1S/C14H19BrN2O/c1-2-17-8-4-7-13(17)10-16-14(18)11-5-3-6-12(15)9-11/h3,5-6,9,13H,2,4,7-8,10H2,1H3,(H,16,18)/t13-/m1/s1. The maximum absolute atomic E-state index is 12.0. The van der Waals surface area contributed by atoms with E-state index in [4.69, 9.17) is 0 Å². The van der Waals surface area contributed by atoms with E-state index in [0.717, 1.165) is 24.1 Å². The minimum atomic E-state index is 0.0132. The molecule has 1 aromatic carbocycles. The number of amides is 1. The van der Waals surface area contributed by atoms with Gasteiger partial charge in [0, 0.05) is 22.6 Å². The van der Waals surface area contributed by atoms with Gasteiger partial charge in [0.1, 0.15) is 0 Å². The maximum atomic E-state index is 12.0. The van der Waals surface area contributed by atoms with E-state index in [0.29, 0.717) is 11.6 Å². The molecule has 0 radical (unpaired) electrons. The van der Waals surface area contributed by atoms with E-state index in [1.165, 1.54) is 12.8 Å². The number of likely N-dealkylation sites (tertiary alicyclic amines) is 1. The van der Waals surface area contributed by atoms with Crippen LogP contribution in [-0.2, 0) is 0 Å². The first-order valence-electron chi connectivity index (χ1n) is 6.48. The third-order valence-electron chi connectivity index (χ3n) is 3.49. The normalized spacial score (nSPS) is 20.0. The Hall–Kier alpha value is -0.870. The van der Waals surface area contributed by atoms with E-state index in [2.05, 4.69) is 33.1 Å². The van der Waals surface area contributed by atoms with Crippen LogP contribution in [0.2, 0.25) is 0 Å². The molecule has 1 saturated heterocycles. The number of hydrogen-bond acceptors (Lipinski definition) is 2. The van der Waals surface area contributed by atoms with E-state index < -0.39 is 0 Å². The van der Waals surface area contributed by atoms with Crippen molar-refractivity contribution in [2.24, 2.45) is 0 Å². The molecule has 1 aromatic rings. The van der Waals surface area contributed by atoms with E-state index in [-0.39, 0.29) is 5.91 Å². The molecule has 3 nitrogen and oxygen atoms in total. The molecular weight excluding hydrogens is 292 g/mol. The number of benzene rings is 1. The van der Waals surface area contributed by atoms with E-state index in [1.807, 2.05) is 24.3 Å². The fraction of sp³-hybridized carbons (Fsp3) is 0.500. The van der Waals surface area contributed by atoms with Gasteiger partial charge in [-0.3, -0.25) is 9.69 Å². The van der Waals surface area contributed by atoms with Gasteiger partial charge in [0.05, 0.1) is 0 Å². The smallest absolute Gasteiger partial charge is 0.251 e. The van der Waals surface area contributed by atoms with Gasteiger partial charge < -0.3 is 5.32 Å². The van der Waals surface area contributed by atoms with Crippen molar-refractivity contribution in [3.8, 4) is 0 Å². The lowest BCUT2D eigenvalue weighted by Gasteiger charge is -2.22. The molecular formula is C14H19BrN2O. The summed E-state index contributed by atoms with van der Waals surface area (Å²) in [7, 11) is 0. The highest BCUT2D eigenvalue weighted by molar-refractivity contribution is 9.10. The Balaban J connectivity index is 1.88. The molecule has 0 aromatic heterocycles. The largest absolute Gasteiger partial charge is 0.350 e. The monoisotopic (exact) mass is 310 g/mol. The van der Waals surface area contributed by atoms with Gasteiger partial charge in [-0.1, -0.05) is 28.9 Å². The number of rotatable bonds is 4. The molecule has 1 atom stereocenters. The third kappa shape index (κ3) is 3.33. The molecule has 1 aliphatic rings. The van der Waals surface area contributed by atoms with E-state index >= 15 is 0 Å². The van der Waals surface area contributed by atoms with Crippen molar-refractivity contribution < 1.29 is 4.79 Å². The van der Waals surface area contributed by atoms with Crippen LogP contribution in [0.15, 0.2) is 28.7 Å². The van der Waals surface area contributed by atoms with Gasteiger partial charge in [0.2, 0.25) is 0 Å². The van der Waals surface area contributed by atoms with Crippen LogP contribution in [0.5, 0.6) is 0 Å². The lowest BCUT2D eigenvalue weighted by atomic mass is 10.2. The predicted molar refractivity (Wildman–Crippen MR) is 76.7 cm³/mol. The minimum Gasteiger partial charge on any atom is -0.350 e. The summed E-state index contributed by atoms with van der Waals surface area (Å²) in [6.45, 7) is 5.15. The zero-order valence-electron chi connectivity index (χ0n) is 10.7. The Morgan fingerprint density at radius 3 is 3.11 bits per heavy atom. The SMILES string of the molecule is CCN1CCC[C@@H]1CNC(=O)c1cccc(Br)c1. The van der Waals surface area contributed by atoms with Crippen molar-refractivity contribution in [3.05, 3.63) is 34.3 Å². The van der Waals surface area contributed by atoms with Crippen molar-refractivity contribution in [1.29, 1.82) is 0 Å². The zero-order valence-corrected chi connectivity index (χ0v) is 12.2. The molecule has 1 amide bonds. The van der Waals surface area contributed by atoms with Gasteiger partial charge in [-0.25, -0.2) is 0 Å². The Labute approximate surface area is 117 Å². The van der Waals surface area contributed by atoms with Crippen LogP contribution in [0.3, 0.4) is 0 Å². The maximum Gasteiger partial charge on any atom is 0.251 e. The number of hydrogen-bond donors (Lipinski definition) is 1. The average molecular weight is 311 g/mol. The summed E-state index contributed by atoms with van der Waals surface area (Å²) < 4.78 is 0.936. The van der Waals surface area contributed by atoms with Gasteiger partial charge in [-0.05, 0) is 44.1 Å². The van der Waals surface area contributed by atoms with Gasteiger partial charge in [0.15, 0.2) is 0 Å². The van der Waals surface area contributed by atoms with Gasteiger partial charge in [-0.2, -0.15) is 0 Å². The summed E-state index contributed by atoms with van der Waals surface area (Å²) in [5.41, 5.74) is 0.713. The molecule has 98 valence electrons. The van der Waals surface area contributed by atoms with Crippen LogP contribution in [0.25, 0.3) is 0 Å². The molecule has 1 aliphatic heterocycles. The van der Waals surface area contributed by atoms with Crippen LogP contribution < -0.4 is 5.32 Å². The van der Waals surface area contributed by atoms with Gasteiger partial charge in [0.25, 0.3) is 5.91 Å². The summed E-state index contributed by atoms with van der Waals surface area (Å²) in [6, 6.07) is 8.00. The third-order valence-corrected chi connectivity index (χ3v) is 3.98. The van der Waals surface area contributed by atoms with Crippen LogP contribution in [0.4, 0.5) is 0 Å². The summed E-state index contributed by atoms with van der Waals surface area (Å²) >= 11 is 3.38. The van der Waals surface area contributed by atoms with Crippen LogP contribution in [0.1, 0.15) is 30.1 Å². The Morgan fingerprint density at radius 2 is 2.39 bits per heavy atom. The van der Waals surface area contributed by atoms with Crippen LogP contribution in [0, 0.1) is 0 Å². The first-order chi connectivity index (χ1) is 8.70. The minimum absolute atomic E-state index is 0.0132. The van der Waals surface area contributed by atoms with Crippen molar-refractivity contribution in [1.82, 2.24) is 10.2 Å². The van der Waals surface area contributed by atoms with E-state index in [1.54, 1.807) is 0 Å². The summed E-state index contributed by atoms with van der Waals surface area (Å²) in [5, 5.41) is 3.03. The number of carbonyl (C=O) groups excluding carboxylic acids is 1. The molecule has 1 heterocycles. The first-order valence-corrected chi connectivity index (χ1v) is 7.28. The summed E-state index contributed by atoms with van der Waals surface area (Å²) in [4.78, 5) is 14.4. The second-order valence-electron chi connectivity index (χ2n) is 4.65. The highest BCUT2D eigenvalue weighted by Crippen LogP contribution is 2.16. The average Bonchev–Trinajstić information content (AvgIpc) is 2.83. The topological polar surface area (TPSA) is 32.3 Å². The van der Waals surface area contributed by atoms with Crippen molar-refractivity contribution in [3.63, 3.8) is 0 Å². The van der Waals surface area contributed by atoms with E-state index in [9.17, 15) is 4.79 Å². The molecule has 0 unspecified atom stereocenters. The lowest BCUT2D eigenvalue weighted by molar-refractivity contribution is 0.0941. The van der Waals surface area contributed by atoms with Crippen molar-refractivity contribution in [2.45, 2.75) is 25.8 Å². The quantitative estimate of drug-likeness (QED) is 0.927. The van der Waals surface area contributed by atoms with Crippen LogP contribution in [-0.4, -0.2) is 36.5 Å². The van der Waals surface area contributed by atoms with Gasteiger partial charge in [-0.15, -0.1) is 0 Å². The Bertz CT molecular complexity index is 422. The Morgan fingerprint density at radius 1 is 1.56 bits per heavy atom. The molecule has 0 aliphatic carbocycles. The van der Waals surface area contributed by atoms with Crippen molar-refractivity contribution >= 4 is 21.8 Å². The molecule has 0 saturated carbocycles. The van der Waals surface area contributed by atoms with Gasteiger partial charge >= 0.3 is 0 Å². The Kier molecular flexibility index (Phi) is 4.78. The molecule has 2 rings (SSSR count). The predicted octanol–water partition coefficient (Wildman–Crippen LogP) is 2.66. The lowest BCUT2D eigenvalue weighted by Crippen LogP contribution is -2.40. The second kappa shape index (κ2) is 6.34. The van der Waals surface area contributed by atoms with Crippen LogP contribution >= 0.6 is 15.9 Å². The molecule has 1 fully saturated rings. The number of nitrogens with zero attached hydrogens (tertiary/aromatic N) is 1. The highest BCUT2D eigenvalue weighted by atomic mass is 79.9. The molecule has 1 N–H and O–H groups in total. The molecule has 4 heteroatoms. The molecule has 18 heavy (non-hydrogen) atoms. The van der Waals surface area contributed by atoms with Crippen molar-refractivity contribution in [2.75, 3.05) is 19.6 Å². The zero-order chi connectivity index (χ0) is 13.0. The first kappa shape index (κ1) is 13.6. The fourth-order valence-electron chi connectivity index (χ4n) is 2.48. The highest BCUT2D eigenvalue weighted by Gasteiger charge is 2.23. The summed E-state index contributed by atoms with van der Waals surface area (Å²) in [6.07, 6.45) is 2.43.